The highest BCUT2D eigenvalue weighted by Gasteiger charge is 2.35. The Hall–Kier alpha value is -0.560. The van der Waals surface area contributed by atoms with Gasteiger partial charge in [0.25, 0.3) is 0 Å². The SMILES string of the molecule is C1=C\CCC2OC2/C=C\CC/1. The molecule has 2 rings (SSSR count). The molecule has 1 aliphatic carbocycles. The van der Waals surface area contributed by atoms with Crippen LogP contribution in [0.15, 0.2) is 24.3 Å². The van der Waals surface area contributed by atoms with Gasteiger partial charge in [0.2, 0.25) is 0 Å². The Morgan fingerprint density at radius 2 is 1.82 bits per heavy atom. The molecule has 11 heavy (non-hydrogen) atoms. The van der Waals surface area contributed by atoms with Crippen molar-refractivity contribution in [1.29, 1.82) is 0 Å². The van der Waals surface area contributed by atoms with Crippen LogP contribution in [0.4, 0.5) is 0 Å². The van der Waals surface area contributed by atoms with Gasteiger partial charge in [-0.05, 0) is 25.7 Å². The molecule has 0 aromatic rings. The lowest BCUT2D eigenvalue weighted by atomic mass is 10.1. The zero-order chi connectivity index (χ0) is 7.52. The number of ether oxygens (including phenoxy) is 1. The molecule has 0 aromatic carbocycles. The lowest BCUT2D eigenvalue weighted by Crippen LogP contribution is -1.90. The molecule has 1 fully saturated rings. The van der Waals surface area contributed by atoms with Gasteiger partial charge >= 0.3 is 0 Å². The van der Waals surface area contributed by atoms with Crippen molar-refractivity contribution in [1.82, 2.24) is 0 Å². The van der Waals surface area contributed by atoms with Crippen LogP contribution in [0.2, 0.25) is 0 Å². The minimum Gasteiger partial charge on any atom is -0.365 e. The summed E-state index contributed by atoms with van der Waals surface area (Å²) in [5.74, 6) is 0. The number of hydrogen-bond acceptors (Lipinski definition) is 1. The van der Waals surface area contributed by atoms with Crippen LogP contribution in [0.5, 0.6) is 0 Å². The van der Waals surface area contributed by atoms with Crippen LogP contribution in [0.25, 0.3) is 0 Å². The molecular weight excluding hydrogens is 136 g/mol. The van der Waals surface area contributed by atoms with Crippen molar-refractivity contribution in [2.24, 2.45) is 0 Å². The molecule has 1 aliphatic heterocycles. The first-order chi connectivity index (χ1) is 5.47. The summed E-state index contributed by atoms with van der Waals surface area (Å²) < 4.78 is 5.43. The fraction of sp³-hybridized carbons (Fsp3) is 0.600. The third-order valence-corrected chi connectivity index (χ3v) is 2.23. The minimum atomic E-state index is 0.460. The quantitative estimate of drug-likeness (QED) is 0.381. The fourth-order valence-corrected chi connectivity index (χ4v) is 1.48. The van der Waals surface area contributed by atoms with E-state index in [9.17, 15) is 0 Å². The van der Waals surface area contributed by atoms with Gasteiger partial charge in [-0.15, -0.1) is 0 Å². The summed E-state index contributed by atoms with van der Waals surface area (Å²) in [6.45, 7) is 0. The number of allylic oxidation sites excluding steroid dienone is 3. The summed E-state index contributed by atoms with van der Waals surface area (Å²) in [6.07, 6.45) is 14.7. The van der Waals surface area contributed by atoms with Crippen molar-refractivity contribution >= 4 is 0 Å². The maximum atomic E-state index is 5.43. The van der Waals surface area contributed by atoms with E-state index in [0.717, 1.165) is 0 Å². The minimum absolute atomic E-state index is 0.460. The summed E-state index contributed by atoms with van der Waals surface area (Å²) in [5, 5.41) is 0. The molecule has 0 amide bonds. The summed E-state index contributed by atoms with van der Waals surface area (Å²) in [5.41, 5.74) is 0. The monoisotopic (exact) mass is 150 g/mol. The maximum absolute atomic E-state index is 5.43. The maximum Gasteiger partial charge on any atom is 0.102 e. The van der Waals surface area contributed by atoms with Gasteiger partial charge in [-0.1, -0.05) is 24.3 Å². The van der Waals surface area contributed by atoms with E-state index in [2.05, 4.69) is 24.3 Å². The fourth-order valence-electron chi connectivity index (χ4n) is 1.48. The standard InChI is InChI=1S/C10H14O/c1-2-4-6-8-10-9(11-10)7-5-3-1/h1,3,6,8-10H,2,4-5,7H2/b3-1-,8-6-. The van der Waals surface area contributed by atoms with E-state index in [1.165, 1.54) is 25.7 Å². The Bertz CT molecular complexity index is 181. The first kappa shape index (κ1) is 7.11. The molecular formula is C10H14O. The van der Waals surface area contributed by atoms with E-state index >= 15 is 0 Å². The van der Waals surface area contributed by atoms with Gasteiger partial charge in [0.1, 0.15) is 6.10 Å². The first-order valence-corrected chi connectivity index (χ1v) is 4.44. The predicted octanol–water partition coefficient (Wildman–Crippen LogP) is 2.44. The zero-order valence-corrected chi connectivity index (χ0v) is 6.70. The molecule has 2 aliphatic rings. The first-order valence-electron chi connectivity index (χ1n) is 4.44. The van der Waals surface area contributed by atoms with Crippen molar-refractivity contribution in [3.63, 3.8) is 0 Å². The van der Waals surface area contributed by atoms with Crippen LogP contribution < -0.4 is 0 Å². The van der Waals surface area contributed by atoms with E-state index < -0.39 is 0 Å². The van der Waals surface area contributed by atoms with Gasteiger partial charge in [0.15, 0.2) is 0 Å². The largest absolute Gasteiger partial charge is 0.365 e. The average molecular weight is 150 g/mol. The molecule has 1 nitrogen and oxygen atoms in total. The van der Waals surface area contributed by atoms with Gasteiger partial charge in [-0.3, -0.25) is 0 Å². The van der Waals surface area contributed by atoms with Crippen molar-refractivity contribution in [2.75, 3.05) is 0 Å². The molecule has 0 spiro atoms. The van der Waals surface area contributed by atoms with E-state index in [0.29, 0.717) is 12.2 Å². The van der Waals surface area contributed by atoms with Crippen molar-refractivity contribution in [3.05, 3.63) is 24.3 Å². The van der Waals surface area contributed by atoms with E-state index in [1.54, 1.807) is 0 Å². The number of rotatable bonds is 0. The summed E-state index contributed by atoms with van der Waals surface area (Å²) in [6, 6.07) is 0. The van der Waals surface area contributed by atoms with Crippen LogP contribution in [-0.2, 0) is 4.74 Å². The topological polar surface area (TPSA) is 12.5 Å². The zero-order valence-electron chi connectivity index (χ0n) is 6.70. The second-order valence-corrected chi connectivity index (χ2v) is 3.19. The van der Waals surface area contributed by atoms with E-state index in [4.69, 9.17) is 4.74 Å². The Morgan fingerprint density at radius 3 is 2.82 bits per heavy atom. The van der Waals surface area contributed by atoms with Crippen molar-refractivity contribution in [3.8, 4) is 0 Å². The van der Waals surface area contributed by atoms with Crippen LogP contribution in [0.1, 0.15) is 25.7 Å². The van der Waals surface area contributed by atoms with Gasteiger partial charge in [-0.2, -0.15) is 0 Å². The molecule has 1 heteroatoms. The Labute approximate surface area is 67.7 Å². The molecule has 0 saturated carbocycles. The molecule has 0 radical (unpaired) electrons. The summed E-state index contributed by atoms with van der Waals surface area (Å²) >= 11 is 0. The Morgan fingerprint density at radius 1 is 1.00 bits per heavy atom. The van der Waals surface area contributed by atoms with Crippen molar-refractivity contribution < 1.29 is 4.74 Å². The average Bonchev–Trinajstić information content (AvgIpc) is 2.76. The lowest BCUT2D eigenvalue weighted by molar-refractivity contribution is 0.380. The predicted molar refractivity (Wildman–Crippen MR) is 45.4 cm³/mol. The van der Waals surface area contributed by atoms with Crippen LogP contribution in [0, 0.1) is 0 Å². The van der Waals surface area contributed by atoms with Crippen LogP contribution >= 0.6 is 0 Å². The molecule has 2 unspecified atom stereocenters. The smallest absolute Gasteiger partial charge is 0.102 e. The number of hydrogen-bond donors (Lipinski definition) is 0. The number of fused-ring (bicyclic) bond motifs is 1. The van der Waals surface area contributed by atoms with Gasteiger partial charge in [0.05, 0.1) is 6.10 Å². The van der Waals surface area contributed by atoms with Crippen molar-refractivity contribution in [2.45, 2.75) is 37.9 Å². The highest BCUT2D eigenvalue weighted by Crippen LogP contribution is 2.28. The second kappa shape index (κ2) is 3.22. The molecule has 0 N–H and O–H groups in total. The number of epoxide rings is 1. The summed E-state index contributed by atoms with van der Waals surface area (Å²) in [7, 11) is 0. The molecule has 1 heterocycles. The van der Waals surface area contributed by atoms with Gasteiger partial charge < -0.3 is 4.74 Å². The van der Waals surface area contributed by atoms with Gasteiger partial charge in [0, 0.05) is 0 Å². The van der Waals surface area contributed by atoms with E-state index in [1.807, 2.05) is 0 Å². The highest BCUT2D eigenvalue weighted by molar-refractivity contribution is 5.04. The third-order valence-electron chi connectivity index (χ3n) is 2.23. The summed E-state index contributed by atoms with van der Waals surface area (Å²) in [4.78, 5) is 0. The Kier molecular flexibility index (Phi) is 2.08. The van der Waals surface area contributed by atoms with Crippen LogP contribution in [-0.4, -0.2) is 12.2 Å². The van der Waals surface area contributed by atoms with Gasteiger partial charge in [-0.25, -0.2) is 0 Å². The molecule has 0 bridgehead atoms. The molecule has 1 saturated heterocycles. The Balaban J connectivity index is 1.90. The normalized spacial score (nSPS) is 42.2. The van der Waals surface area contributed by atoms with Crippen LogP contribution in [0.3, 0.4) is 0 Å². The second-order valence-electron chi connectivity index (χ2n) is 3.19. The highest BCUT2D eigenvalue weighted by atomic mass is 16.6. The van der Waals surface area contributed by atoms with E-state index in [-0.39, 0.29) is 0 Å². The molecule has 2 atom stereocenters. The molecule has 0 aromatic heterocycles. The molecule has 60 valence electrons. The lowest BCUT2D eigenvalue weighted by Gasteiger charge is -1.92. The third kappa shape index (κ3) is 1.93.